The largest absolute Gasteiger partial charge is 0.461 e. The molecule has 0 amide bonds. The fourth-order valence-corrected chi connectivity index (χ4v) is 2.00. The quantitative estimate of drug-likeness (QED) is 0.779. The van der Waals surface area contributed by atoms with E-state index < -0.39 is 0 Å². The Labute approximate surface area is 115 Å². The number of nitrogens with two attached hydrogens (primary N) is 1. The van der Waals surface area contributed by atoms with Crippen LogP contribution in [0.3, 0.4) is 0 Å². The van der Waals surface area contributed by atoms with E-state index in [2.05, 4.69) is 21.6 Å². The summed E-state index contributed by atoms with van der Waals surface area (Å²) in [7, 11) is 3.77. The lowest BCUT2D eigenvalue weighted by molar-refractivity contribution is 0.577. The van der Waals surface area contributed by atoms with E-state index in [0.29, 0.717) is 23.0 Å². The van der Waals surface area contributed by atoms with Gasteiger partial charge in [0.25, 0.3) is 0 Å². The first kappa shape index (κ1) is 12.2. The van der Waals surface area contributed by atoms with Gasteiger partial charge in [-0.25, -0.2) is 4.98 Å². The molecule has 7 heteroatoms. The highest BCUT2D eigenvalue weighted by Crippen LogP contribution is 2.26. The molecule has 0 spiro atoms. The number of aromatic nitrogens is 4. The van der Waals surface area contributed by atoms with E-state index in [9.17, 15) is 0 Å². The Bertz CT molecular complexity index is 772. The minimum absolute atomic E-state index is 0.264. The Balaban J connectivity index is 2.33. The summed E-state index contributed by atoms with van der Waals surface area (Å²) in [6, 6.07) is 3.57. The van der Waals surface area contributed by atoms with Crippen LogP contribution >= 0.6 is 0 Å². The van der Waals surface area contributed by atoms with Crippen LogP contribution in [0, 0.1) is 0 Å². The summed E-state index contributed by atoms with van der Waals surface area (Å²) in [4.78, 5) is 10.7. The first-order chi connectivity index (χ1) is 9.61. The monoisotopic (exact) mass is 270 g/mol. The standard InChI is InChI=1S/C13H14N6O/c1-4-8-11(18(2)3)16-13(14)19-12(8)15-10(17-19)9-6-5-7-20-9/h4-7H,1H2,2-3H3,(H2,14,16). The molecular weight excluding hydrogens is 256 g/mol. The van der Waals surface area contributed by atoms with Gasteiger partial charge in [0.2, 0.25) is 11.8 Å². The molecule has 102 valence electrons. The molecule has 0 aliphatic heterocycles. The van der Waals surface area contributed by atoms with Gasteiger partial charge in [-0.3, -0.25) is 0 Å². The fourth-order valence-electron chi connectivity index (χ4n) is 2.00. The van der Waals surface area contributed by atoms with Crippen molar-refractivity contribution in [2.24, 2.45) is 0 Å². The van der Waals surface area contributed by atoms with Crippen LogP contribution in [-0.4, -0.2) is 33.7 Å². The van der Waals surface area contributed by atoms with Gasteiger partial charge in [0.1, 0.15) is 5.82 Å². The van der Waals surface area contributed by atoms with Crippen molar-refractivity contribution < 1.29 is 4.42 Å². The molecule has 0 aliphatic carbocycles. The number of nitrogens with zero attached hydrogens (tertiary/aromatic N) is 5. The number of hydrogen-bond acceptors (Lipinski definition) is 6. The van der Waals surface area contributed by atoms with E-state index in [4.69, 9.17) is 10.2 Å². The zero-order chi connectivity index (χ0) is 14.3. The van der Waals surface area contributed by atoms with E-state index in [1.54, 1.807) is 24.5 Å². The van der Waals surface area contributed by atoms with Crippen molar-refractivity contribution in [3.05, 3.63) is 30.5 Å². The highest BCUT2D eigenvalue weighted by Gasteiger charge is 2.17. The van der Waals surface area contributed by atoms with Crippen molar-refractivity contribution in [1.29, 1.82) is 0 Å². The molecule has 0 saturated carbocycles. The van der Waals surface area contributed by atoms with Crippen molar-refractivity contribution >= 4 is 23.5 Å². The molecule has 3 rings (SSSR count). The van der Waals surface area contributed by atoms with E-state index >= 15 is 0 Å². The predicted octanol–water partition coefficient (Wildman–Crippen LogP) is 1.68. The van der Waals surface area contributed by atoms with Crippen LogP contribution in [0.5, 0.6) is 0 Å². The van der Waals surface area contributed by atoms with Crippen LogP contribution in [-0.2, 0) is 0 Å². The summed E-state index contributed by atoms with van der Waals surface area (Å²) >= 11 is 0. The van der Waals surface area contributed by atoms with Gasteiger partial charge in [-0.15, -0.1) is 5.10 Å². The average Bonchev–Trinajstić information content (AvgIpc) is 3.07. The Morgan fingerprint density at radius 3 is 2.80 bits per heavy atom. The topological polar surface area (TPSA) is 85.5 Å². The van der Waals surface area contributed by atoms with Crippen LogP contribution in [0.2, 0.25) is 0 Å². The first-order valence-electron chi connectivity index (χ1n) is 6.01. The van der Waals surface area contributed by atoms with Gasteiger partial charge in [0, 0.05) is 14.1 Å². The number of nitrogen functional groups attached to an aromatic ring is 1. The molecule has 0 aliphatic rings. The Hall–Kier alpha value is -2.83. The Morgan fingerprint density at radius 2 is 2.20 bits per heavy atom. The van der Waals surface area contributed by atoms with Gasteiger partial charge < -0.3 is 15.1 Å². The van der Waals surface area contributed by atoms with Crippen molar-refractivity contribution in [3.8, 4) is 11.6 Å². The lowest BCUT2D eigenvalue weighted by Crippen LogP contribution is -2.15. The molecule has 0 atom stereocenters. The van der Waals surface area contributed by atoms with Crippen LogP contribution < -0.4 is 10.6 Å². The van der Waals surface area contributed by atoms with Crippen molar-refractivity contribution in [2.45, 2.75) is 0 Å². The normalized spacial score (nSPS) is 10.9. The summed E-state index contributed by atoms with van der Waals surface area (Å²) in [5.41, 5.74) is 7.32. The van der Waals surface area contributed by atoms with Crippen molar-refractivity contribution in [1.82, 2.24) is 19.6 Å². The molecule has 2 N–H and O–H groups in total. The molecule has 0 aromatic carbocycles. The lowest BCUT2D eigenvalue weighted by Gasteiger charge is -2.15. The molecule has 20 heavy (non-hydrogen) atoms. The van der Waals surface area contributed by atoms with Gasteiger partial charge in [-0.05, 0) is 12.1 Å². The maximum atomic E-state index is 5.94. The highest BCUT2D eigenvalue weighted by atomic mass is 16.3. The summed E-state index contributed by atoms with van der Waals surface area (Å²) in [6.07, 6.45) is 3.26. The molecule has 0 unspecified atom stereocenters. The zero-order valence-electron chi connectivity index (χ0n) is 11.2. The number of fused-ring (bicyclic) bond motifs is 1. The number of anilines is 2. The summed E-state index contributed by atoms with van der Waals surface area (Å²) < 4.78 is 6.79. The van der Waals surface area contributed by atoms with Crippen LogP contribution in [0.1, 0.15) is 5.56 Å². The summed E-state index contributed by atoms with van der Waals surface area (Å²) in [6.45, 7) is 3.81. The smallest absolute Gasteiger partial charge is 0.225 e. The SMILES string of the molecule is C=Cc1c(N(C)C)nc(N)n2nc(-c3ccco3)nc12. The molecule has 7 nitrogen and oxygen atoms in total. The number of furan rings is 1. The molecule has 0 saturated heterocycles. The lowest BCUT2D eigenvalue weighted by atomic mass is 10.2. The van der Waals surface area contributed by atoms with E-state index in [1.165, 1.54) is 4.52 Å². The third kappa shape index (κ3) is 1.71. The number of rotatable bonds is 3. The second-order valence-electron chi connectivity index (χ2n) is 4.45. The minimum atomic E-state index is 0.264. The second kappa shape index (κ2) is 4.37. The molecule has 3 aromatic rings. The van der Waals surface area contributed by atoms with Gasteiger partial charge >= 0.3 is 0 Å². The summed E-state index contributed by atoms with van der Waals surface area (Å²) in [5, 5.41) is 4.32. The van der Waals surface area contributed by atoms with Gasteiger partial charge in [-0.1, -0.05) is 12.7 Å². The highest BCUT2D eigenvalue weighted by molar-refractivity contribution is 5.77. The predicted molar refractivity (Wildman–Crippen MR) is 77.3 cm³/mol. The molecular formula is C13H14N6O. The van der Waals surface area contributed by atoms with E-state index in [1.807, 2.05) is 19.0 Å². The molecule has 3 heterocycles. The molecule has 0 radical (unpaired) electrons. The molecule has 0 bridgehead atoms. The van der Waals surface area contributed by atoms with Gasteiger partial charge in [0.15, 0.2) is 11.4 Å². The third-order valence-electron chi connectivity index (χ3n) is 2.90. The van der Waals surface area contributed by atoms with Gasteiger partial charge in [-0.2, -0.15) is 9.50 Å². The third-order valence-corrected chi connectivity index (χ3v) is 2.90. The van der Waals surface area contributed by atoms with Gasteiger partial charge in [0.05, 0.1) is 11.8 Å². The van der Waals surface area contributed by atoms with Crippen molar-refractivity contribution in [2.75, 3.05) is 24.7 Å². The van der Waals surface area contributed by atoms with E-state index in [0.717, 1.165) is 5.56 Å². The van der Waals surface area contributed by atoms with Crippen LogP contribution in [0.25, 0.3) is 23.3 Å². The van der Waals surface area contributed by atoms with Crippen LogP contribution in [0.4, 0.5) is 11.8 Å². The maximum absolute atomic E-state index is 5.94. The van der Waals surface area contributed by atoms with E-state index in [-0.39, 0.29) is 5.95 Å². The summed E-state index contributed by atoms with van der Waals surface area (Å²) in [5.74, 6) is 2.00. The average molecular weight is 270 g/mol. The molecule has 3 aromatic heterocycles. The maximum Gasteiger partial charge on any atom is 0.225 e. The second-order valence-corrected chi connectivity index (χ2v) is 4.45. The Morgan fingerprint density at radius 1 is 1.40 bits per heavy atom. The zero-order valence-corrected chi connectivity index (χ0v) is 11.2. The van der Waals surface area contributed by atoms with Crippen LogP contribution in [0.15, 0.2) is 29.4 Å². The Kier molecular flexibility index (Phi) is 2.67. The minimum Gasteiger partial charge on any atom is -0.461 e. The first-order valence-corrected chi connectivity index (χ1v) is 6.01. The van der Waals surface area contributed by atoms with Crippen molar-refractivity contribution in [3.63, 3.8) is 0 Å². The number of hydrogen-bond donors (Lipinski definition) is 1. The fraction of sp³-hybridized carbons (Fsp3) is 0.154. The molecule has 0 fully saturated rings.